The standard InChI is InChI=1S/C23H40O5S/c1-22-13-11-21-19(8-6-17-15-18(24)10-12-23(17,21)2)20(22)9-7-16(22)5-3-4-14-28-29(25,26)27/h16-21,24H,3-15H2,1-2H3,(H,25,26,27)/t16-,17-,18-,19-,20-,21-,22+,23-/m0/s1. The topological polar surface area (TPSA) is 83.8 Å². The van der Waals surface area contributed by atoms with Gasteiger partial charge < -0.3 is 5.11 Å². The average molecular weight is 429 g/mol. The molecule has 4 aliphatic rings. The highest BCUT2D eigenvalue weighted by Gasteiger charge is 2.59. The molecule has 0 radical (unpaired) electrons. The van der Waals surface area contributed by atoms with Crippen LogP contribution >= 0.6 is 0 Å². The Labute approximate surface area is 176 Å². The van der Waals surface area contributed by atoms with E-state index in [0.717, 1.165) is 55.3 Å². The monoisotopic (exact) mass is 428 g/mol. The molecule has 4 aliphatic carbocycles. The van der Waals surface area contributed by atoms with Crippen LogP contribution in [0.1, 0.15) is 90.9 Å². The minimum absolute atomic E-state index is 0.0702. The summed E-state index contributed by atoms with van der Waals surface area (Å²) in [7, 11) is -4.30. The zero-order chi connectivity index (χ0) is 20.9. The van der Waals surface area contributed by atoms with Crippen molar-refractivity contribution in [2.75, 3.05) is 6.61 Å². The maximum Gasteiger partial charge on any atom is 0.397 e. The molecule has 4 rings (SSSR count). The lowest BCUT2D eigenvalue weighted by Gasteiger charge is -2.61. The van der Waals surface area contributed by atoms with E-state index in [9.17, 15) is 13.5 Å². The molecule has 0 aromatic carbocycles. The zero-order valence-corrected chi connectivity index (χ0v) is 19.0. The average Bonchev–Trinajstić information content (AvgIpc) is 2.98. The van der Waals surface area contributed by atoms with Crippen LogP contribution in [0, 0.1) is 40.4 Å². The van der Waals surface area contributed by atoms with E-state index in [1.54, 1.807) is 0 Å². The van der Waals surface area contributed by atoms with Crippen molar-refractivity contribution in [2.24, 2.45) is 40.4 Å². The largest absolute Gasteiger partial charge is 0.397 e. The van der Waals surface area contributed by atoms with E-state index in [0.29, 0.717) is 17.3 Å². The highest BCUT2D eigenvalue weighted by molar-refractivity contribution is 7.80. The molecule has 0 saturated heterocycles. The van der Waals surface area contributed by atoms with Crippen LogP contribution in [0.2, 0.25) is 0 Å². The number of hydrogen-bond acceptors (Lipinski definition) is 4. The van der Waals surface area contributed by atoms with Crippen molar-refractivity contribution >= 4 is 10.4 Å². The molecular formula is C23H40O5S. The van der Waals surface area contributed by atoms with Gasteiger partial charge in [0.15, 0.2) is 0 Å². The van der Waals surface area contributed by atoms with Gasteiger partial charge in [0.2, 0.25) is 0 Å². The van der Waals surface area contributed by atoms with E-state index in [2.05, 4.69) is 18.0 Å². The second-order valence-corrected chi connectivity index (χ2v) is 12.2. The number of aliphatic hydroxyl groups is 1. The predicted octanol–water partition coefficient (Wildman–Crippen LogP) is 5.00. The highest BCUT2D eigenvalue weighted by Crippen LogP contribution is 2.67. The fourth-order valence-electron chi connectivity index (χ4n) is 8.48. The van der Waals surface area contributed by atoms with Crippen molar-refractivity contribution in [2.45, 2.75) is 97.0 Å². The summed E-state index contributed by atoms with van der Waals surface area (Å²) in [5.74, 6) is 3.99. The van der Waals surface area contributed by atoms with Crippen molar-refractivity contribution in [3.8, 4) is 0 Å². The maximum absolute atomic E-state index is 10.7. The maximum atomic E-state index is 10.7. The third kappa shape index (κ3) is 4.16. The summed E-state index contributed by atoms with van der Waals surface area (Å²) in [6.45, 7) is 5.17. The second kappa shape index (κ2) is 8.07. The van der Waals surface area contributed by atoms with Crippen molar-refractivity contribution in [1.29, 1.82) is 0 Å². The van der Waals surface area contributed by atoms with Gasteiger partial charge in [-0.3, -0.25) is 4.55 Å². The van der Waals surface area contributed by atoms with E-state index in [4.69, 9.17) is 4.55 Å². The first-order valence-corrected chi connectivity index (χ1v) is 13.3. The summed E-state index contributed by atoms with van der Waals surface area (Å²) in [4.78, 5) is 0. The summed E-state index contributed by atoms with van der Waals surface area (Å²) in [5.41, 5.74) is 0.872. The minimum atomic E-state index is -4.30. The molecule has 0 bridgehead atoms. The first kappa shape index (κ1) is 22.0. The van der Waals surface area contributed by atoms with Gasteiger partial charge in [-0.2, -0.15) is 8.42 Å². The van der Waals surface area contributed by atoms with Crippen molar-refractivity contribution in [3.05, 3.63) is 0 Å². The Morgan fingerprint density at radius 3 is 2.41 bits per heavy atom. The molecule has 6 heteroatoms. The van der Waals surface area contributed by atoms with E-state index in [-0.39, 0.29) is 12.7 Å². The van der Waals surface area contributed by atoms with Gasteiger partial charge in [0.25, 0.3) is 0 Å². The molecule has 0 amide bonds. The molecule has 5 nitrogen and oxygen atoms in total. The Morgan fingerprint density at radius 2 is 1.66 bits per heavy atom. The SMILES string of the molecule is C[C@]12CC[C@H](O)C[C@@H]1CC[C@@H]1[C@@H]2CC[C@]2(C)[C@@H](CCCCOS(=O)(=O)O)CC[C@@H]12. The first-order chi connectivity index (χ1) is 13.6. The third-order valence-corrected chi connectivity index (χ3v) is 10.5. The molecule has 0 aromatic rings. The Hall–Kier alpha value is -0.170. The second-order valence-electron chi connectivity index (χ2n) is 11.1. The highest BCUT2D eigenvalue weighted by atomic mass is 32.3. The van der Waals surface area contributed by atoms with Gasteiger partial charge in [0.05, 0.1) is 12.7 Å². The molecule has 168 valence electrons. The molecular weight excluding hydrogens is 388 g/mol. The molecule has 4 saturated carbocycles. The molecule has 4 fully saturated rings. The van der Waals surface area contributed by atoms with Crippen molar-refractivity contribution < 1.29 is 22.3 Å². The van der Waals surface area contributed by atoms with Gasteiger partial charge in [-0.15, -0.1) is 0 Å². The quantitative estimate of drug-likeness (QED) is 0.460. The number of aliphatic hydroxyl groups excluding tert-OH is 1. The number of rotatable bonds is 6. The van der Waals surface area contributed by atoms with E-state index in [1.165, 1.54) is 44.9 Å². The van der Waals surface area contributed by atoms with E-state index in [1.807, 2.05) is 0 Å². The van der Waals surface area contributed by atoms with Crippen LogP contribution in [-0.4, -0.2) is 30.8 Å². The lowest BCUT2D eigenvalue weighted by Crippen LogP contribution is -2.53. The number of unbranched alkanes of at least 4 members (excludes halogenated alkanes) is 1. The zero-order valence-electron chi connectivity index (χ0n) is 18.2. The summed E-state index contributed by atoms with van der Waals surface area (Å²) < 4.78 is 34.5. The van der Waals surface area contributed by atoms with Crippen LogP contribution in [0.15, 0.2) is 0 Å². The minimum Gasteiger partial charge on any atom is -0.393 e. The van der Waals surface area contributed by atoms with Gasteiger partial charge >= 0.3 is 10.4 Å². The first-order valence-electron chi connectivity index (χ1n) is 11.9. The molecule has 8 atom stereocenters. The summed E-state index contributed by atoms with van der Waals surface area (Å²) in [6, 6.07) is 0. The van der Waals surface area contributed by atoms with Crippen LogP contribution < -0.4 is 0 Å². The van der Waals surface area contributed by atoms with E-state index >= 15 is 0 Å². The van der Waals surface area contributed by atoms with Crippen LogP contribution in [-0.2, 0) is 14.6 Å². The van der Waals surface area contributed by atoms with Gasteiger partial charge in [-0.05, 0) is 111 Å². The molecule has 2 N–H and O–H groups in total. The van der Waals surface area contributed by atoms with Crippen LogP contribution in [0.25, 0.3) is 0 Å². The van der Waals surface area contributed by atoms with Gasteiger partial charge in [-0.1, -0.05) is 20.3 Å². The molecule has 0 aromatic heterocycles. The Balaban J connectivity index is 1.37. The predicted molar refractivity (Wildman–Crippen MR) is 113 cm³/mol. The fraction of sp³-hybridized carbons (Fsp3) is 1.00. The molecule has 0 spiro atoms. The van der Waals surface area contributed by atoms with Crippen molar-refractivity contribution in [1.82, 2.24) is 0 Å². The molecule has 29 heavy (non-hydrogen) atoms. The summed E-state index contributed by atoms with van der Waals surface area (Å²) >= 11 is 0. The molecule has 0 aliphatic heterocycles. The third-order valence-electron chi connectivity index (χ3n) is 10.0. The van der Waals surface area contributed by atoms with E-state index < -0.39 is 10.4 Å². The fourth-order valence-corrected chi connectivity index (χ4v) is 8.80. The Kier molecular flexibility index (Phi) is 6.13. The summed E-state index contributed by atoms with van der Waals surface area (Å²) in [6.07, 6.45) is 14.0. The van der Waals surface area contributed by atoms with Crippen LogP contribution in [0.5, 0.6) is 0 Å². The Bertz CT molecular complexity index is 693. The van der Waals surface area contributed by atoms with Gasteiger partial charge in [0, 0.05) is 0 Å². The lowest BCUT2D eigenvalue weighted by atomic mass is 9.44. The summed E-state index contributed by atoms with van der Waals surface area (Å²) in [5, 5.41) is 10.2. The normalized spacial score (nSPS) is 47.3. The van der Waals surface area contributed by atoms with Crippen molar-refractivity contribution in [3.63, 3.8) is 0 Å². The lowest BCUT2D eigenvalue weighted by molar-refractivity contribution is -0.127. The molecule has 0 unspecified atom stereocenters. The molecule has 0 heterocycles. The van der Waals surface area contributed by atoms with Crippen LogP contribution in [0.4, 0.5) is 0 Å². The Morgan fingerprint density at radius 1 is 0.931 bits per heavy atom. The number of fused-ring (bicyclic) bond motifs is 5. The van der Waals surface area contributed by atoms with Crippen LogP contribution in [0.3, 0.4) is 0 Å². The smallest absolute Gasteiger partial charge is 0.393 e. The van der Waals surface area contributed by atoms with Gasteiger partial charge in [-0.25, -0.2) is 4.18 Å². The van der Waals surface area contributed by atoms with Gasteiger partial charge in [0.1, 0.15) is 0 Å². The number of hydrogen-bond donors (Lipinski definition) is 2.